The number of halogens is 1. The minimum atomic E-state index is -0.639. The van der Waals surface area contributed by atoms with E-state index < -0.39 is 11.9 Å². The van der Waals surface area contributed by atoms with E-state index in [0.29, 0.717) is 18.7 Å². The van der Waals surface area contributed by atoms with Crippen molar-refractivity contribution >= 4 is 11.8 Å². The number of carbonyl (C=O) groups is 2. The fourth-order valence-electron chi connectivity index (χ4n) is 2.59. The molecule has 0 saturated heterocycles. The van der Waals surface area contributed by atoms with Gasteiger partial charge in [-0.05, 0) is 31.0 Å². The van der Waals surface area contributed by atoms with Crippen LogP contribution in [0.4, 0.5) is 4.39 Å². The Morgan fingerprint density at radius 2 is 1.72 bits per heavy atom. The summed E-state index contributed by atoms with van der Waals surface area (Å²) < 4.78 is 13.9. The first-order chi connectivity index (χ1) is 12.0. The maximum atomic E-state index is 13.9. The van der Waals surface area contributed by atoms with Crippen molar-refractivity contribution < 1.29 is 14.0 Å². The molecule has 0 bridgehead atoms. The van der Waals surface area contributed by atoms with Crippen molar-refractivity contribution in [2.24, 2.45) is 0 Å². The molecule has 2 aromatic carbocycles. The van der Waals surface area contributed by atoms with Crippen molar-refractivity contribution in [3.05, 3.63) is 71.5 Å². The molecule has 0 aliphatic rings. The average molecular weight is 342 g/mol. The molecule has 0 unspecified atom stereocenters. The standard InChI is InChI=1S/C20H23FN2O2/c1-3-22-20(25)15(2)23(14-16-9-5-4-6-10-16)19(24)13-17-11-7-8-12-18(17)21/h4-12,15H,3,13-14H2,1-2H3,(H,22,25)/t15-/m0/s1. The van der Waals surface area contributed by atoms with E-state index in [4.69, 9.17) is 0 Å². The van der Waals surface area contributed by atoms with Gasteiger partial charge in [0, 0.05) is 13.1 Å². The average Bonchev–Trinajstić information content (AvgIpc) is 2.62. The van der Waals surface area contributed by atoms with Gasteiger partial charge < -0.3 is 10.2 Å². The van der Waals surface area contributed by atoms with Gasteiger partial charge in [0.05, 0.1) is 6.42 Å². The Balaban J connectivity index is 2.22. The zero-order valence-corrected chi connectivity index (χ0v) is 14.5. The van der Waals surface area contributed by atoms with Crippen molar-refractivity contribution in [2.75, 3.05) is 6.54 Å². The molecule has 0 saturated carbocycles. The molecule has 1 atom stereocenters. The molecule has 25 heavy (non-hydrogen) atoms. The Bertz CT molecular complexity index is 719. The number of hydrogen-bond donors (Lipinski definition) is 1. The fourth-order valence-corrected chi connectivity index (χ4v) is 2.59. The SMILES string of the molecule is CCNC(=O)[C@H](C)N(Cc1ccccc1)C(=O)Cc1ccccc1F. The molecule has 4 nitrogen and oxygen atoms in total. The fraction of sp³-hybridized carbons (Fsp3) is 0.300. The van der Waals surface area contributed by atoms with Crippen LogP contribution in [0.2, 0.25) is 0 Å². The second kappa shape index (κ2) is 8.97. The first kappa shape index (κ1) is 18.6. The summed E-state index contributed by atoms with van der Waals surface area (Å²) in [7, 11) is 0. The van der Waals surface area contributed by atoms with Crippen molar-refractivity contribution in [2.45, 2.75) is 32.9 Å². The van der Waals surface area contributed by atoms with Crippen LogP contribution in [-0.2, 0) is 22.6 Å². The minimum absolute atomic E-state index is 0.0801. The van der Waals surface area contributed by atoms with Crippen LogP contribution >= 0.6 is 0 Å². The van der Waals surface area contributed by atoms with Gasteiger partial charge in [0.2, 0.25) is 11.8 Å². The molecule has 0 spiro atoms. The van der Waals surface area contributed by atoms with E-state index >= 15 is 0 Å². The van der Waals surface area contributed by atoms with E-state index in [-0.39, 0.29) is 18.2 Å². The largest absolute Gasteiger partial charge is 0.355 e. The van der Waals surface area contributed by atoms with Crippen LogP contribution in [0.1, 0.15) is 25.0 Å². The highest BCUT2D eigenvalue weighted by atomic mass is 19.1. The first-order valence-electron chi connectivity index (χ1n) is 8.37. The Morgan fingerprint density at radius 3 is 2.36 bits per heavy atom. The lowest BCUT2D eigenvalue weighted by Gasteiger charge is -2.29. The molecule has 0 aliphatic carbocycles. The van der Waals surface area contributed by atoms with E-state index in [9.17, 15) is 14.0 Å². The molecule has 132 valence electrons. The number of likely N-dealkylation sites (N-methyl/N-ethyl adjacent to an activating group) is 1. The normalized spacial score (nSPS) is 11.6. The van der Waals surface area contributed by atoms with E-state index in [0.717, 1.165) is 5.56 Å². The number of nitrogens with zero attached hydrogens (tertiary/aromatic N) is 1. The Morgan fingerprint density at radius 1 is 1.08 bits per heavy atom. The van der Waals surface area contributed by atoms with Crippen molar-refractivity contribution in [1.82, 2.24) is 10.2 Å². The zero-order chi connectivity index (χ0) is 18.2. The molecule has 0 radical (unpaired) electrons. The lowest BCUT2D eigenvalue weighted by atomic mass is 10.1. The Kier molecular flexibility index (Phi) is 6.69. The minimum Gasteiger partial charge on any atom is -0.355 e. The number of rotatable bonds is 7. The molecular weight excluding hydrogens is 319 g/mol. The van der Waals surface area contributed by atoms with E-state index in [1.807, 2.05) is 37.3 Å². The number of amides is 2. The molecule has 0 fully saturated rings. The molecule has 0 heterocycles. The third-order valence-corrected chi connectivity index (χ3v) is 4.01. The molecule has 2 aromatic rings. The molecule has 1 N–H and O–H groups in total. The molecular formula is C20H23FN2O2. The summed E-state index contributed by atoms with van der Waals surface area (Å²) in [5, 5.41) is 2.73. The molecule has 2 rings (SSSR count). The number of hydrogen-bond acceptors (Lipinski definition) is 2. The predicted octanol–water partition coefficient (Wildman–Crippen LogP) is 2.92. The smallest absolute Gasteiger partial charge is 0.242 e. The van der Waals surface area contributed by atoms with Gasteiger partial charge in [-0.25, -0.2) is 4.39 Å². The highest BCUT2D eigenvalue weighted by molar-refractivity contribution is 5.88. The van der Waals surface area contributed by atoms with Gasteiger partial charge in [-0.15, -0.1) is 0 Å². The highest BCUT2D eigenvalue weighted by Crippen LogP contribution is 2.14. The Hall–Kier alpha value is -2.69. The summed E-state index contributed by atoms with van der Waals surface area (Å²) in [4.78, 5) is 26.5. The van der Waals surface area contributed by atoms with E-state index in [1.165, 1.54) is 11.0 Å². The topological polar surface area (TPSA) is 49.4 Å². The highest BCUT2D eigenvalue weighted by Gasteiger charge is 2.26. The first-order valence-corrected chi connectivity index (χ1v) is 8.37. The predicted molar refractivity (Wildman–Crippen MR) is 95.2 cm³/mol. The van der Waals surface area contributed by atoms with Crippen LogP contribution in [0, 0.1) is 5.82 Å². The summed E-state index contributed by atoms with van der Waals surface area (Å²) in [5.41, 5.74) is 1.24. The van der Waals surface area contributed by atoms with Crippen LogP contribution in [0.3, 0.4) is 0 Å². The van der Waals surface area contributed by atoms with Gasteiger partial charge in [0.1, 0.15) is 11.9 Å². The summed E-state index contributed by atoms with van der Waals surface area (Å²) in [6, 6.07) is 15.0. The van der Waals surface area contributed by atoms with Gasteiger partial charge >= 0.3 is 0 Å². The number of benzene rings is 2. The molecule has 2 amide bonds. The van der Waals surface area contributed by atoms with Crippen molar-refractivity contribution in [3.8, 4) is 0 Å². The summed E-state index contributed by atoms with van der Waals surface area (Å²) >= 11 is 0. The van der Waals surface area contributed by atoms with Crippen molar-refractivity contribution in [1.29, 1.82) is 0 Å². The van der Waals surface area contributed by atoms with E-state index in [2.05, 4.69) is 5.32 Å². The van der Waals surface area contributed by atoms with Crippen LogP contribution in [0.25, 0.3) is 0 Å². The van der Waals surface area contributed by atoms with Crippen molar-refractivity contribution in [3.63, 3.8) is 0 Å². The van der Waals surface area contributed by atoms with Gasteiger partial charge in [-0.3, -0.25) is 9.59 Å². The summed E-state index contributed by atoms with van der Waals surface area (Å²) in [5.74, 6) is -0.922. The van der Waals surface area contributed by atoms with Gasteiger partial charge in [-0.2, -0.15) is 0 Å². The second-order valence-electron chi connectivity index (χ2n) is 5.85. The maximum absolute atomic E-state index is 13.9. The van der Waals surface area contributed by atoms with Gasteiger partial charge in [-0.1, -0.05) is 48.5 Å². The third kappa shape index (κ3) is 5.14. The maximum Gasteiger partial charge on any atom is 0.242 e. The Labute approximate surface area is 147 Å². The zero-order valence-electron chi connectivity index (χ0n) is 14.5. The number of nitrogens with one attached hydrogen (secondary N) is 1. The van der Waals surface area contributed by atoms with Crippen LogP contribution in [0.15, 0.2) is 54.6 Å². The molecule has 5 heteroatoms. The van der Waals surface area contributed by atoms with Crippen LogP contribution in [-0.4, -0.2) is 29.3 Å². The lowest BCUT2D eigenvalue weighted by Crippen LogP contribution is -2.48. The number of carbonyl (C=O) groups excluding carboxylic acids is 2. The molecule has 0 aromatic heterocycles. The van der Waals surface area contributed by atoms with Gasteiger partial charge in [0.15, 0.2) is 0 Å². The van der Waals surface area contributed by atoms with Gasteiger partial charge in [0.25, 0.3) is 0 Å². The summed E-state index contributed by atoms with van der Waals surface area (Å²) in [6.45, 7) is 4.30. The lowest BCUT2D eigenvalue weighted by molar-refractivity contribution is -0.140. The molecule has 0 aliphatic heterocycles. The summed E-state index contributed by atoms with van der Waals surface area (Å²) in [6.07, 6.45) is -0.0801. The second-order valence-corrected chi connectivity index (χ2v) is 5.85. The third-order valence-electron chi connectivity index (χ3n) is 4.01. The van der Waals surface area contributed by atoms with Crippen LogP contribution in [0.5, 0.6) is 0 Å². The van der Waals surface area contributed by atoms with Crippen LogP contribution < -0.4 is 5.32 Å². The quantitative estimate of drug-likeness (QED) is 0.841. The monoisotopic (exact) mass is 342 g/mol. The van der Waals surface area contributed by atoms with E-state index in [1.54, 1.807) is 25.1 Å².